The van der Waals surface area contributed by atoms with E-state index in [1.807, 2.05) is 28.9 Å². The zero-order valence-corrected chi connectivity index (χ0v) is 10.9. The summed E-state index contributed by atoms with van der Waals surface area (Å²) < 4.78 is 1.93. The molecule has 1 aliphatic carbocycles. The maximum atomic E-state index is 5.93. The Kier molecular flexibility index (Phi) is 3.50. The van der Waals surface area contributed by atoms with E-state index in [0.29, 0.717) is 17.7 Å². The first kappa shape index (κ1) is 12.0. The summed E-state index contributed by atoms with van der Waals surface area (Å²) in [7, 11) is 0. The molecular weight excluding hydrogens is 250 g/mol. The van der Waals surface area contributed by atoms with Crippen LogP contribution in [0, 0.1) is 0 Å². The predicted molar refractivity (Wildman–Crippen MR) is 70.4 cm³/mol. The van der Waals surface area contributed by atoms with Crippen molar-refractivity contribution in [1.82, 2.24) is 14.9 Å². The molecule has 0 bridgehead atoms. The van der Waals surface area contributed by atoms with Crippen molar-refractivity contribution in [3.63, 3.8) is 0 Å². The molecule has 0 radical (unpaired) electrons. The summed E-state index contributed by atoms with van der Waals surface area (Å²) in [5.74, 6) is 0. The third-order valence-corrected chi connectivity index (χ3v) is 3.49. The number of hydrogen-bond donors (Lipinski definition) is 1. The van der Waals surface area contributed by atoms with Gasteiger partial charge in [0, 0.05) is 12.4 Å². The first-order valence-corrected chi connectivity index (χ1v) is 6.71. The van der Waals surface area contributed by atoms with Crippen molar-refractivity contribution in [3.05, 3.63) is 35.2 Å². The Morgan fingerprint density at radius 3 is 3.00 bits per heavy atom. The number of nitrogens with zero attached hydrogens (tertiary/aromatic N) is 2. The second-order valence-corrected chi connectivity index (χ2v) is 5.13. The van der Waals surface area contributed by atoms with E-state index >= 15 is 0 Å². The Morgan fingerprint density at radius 1 is 1.33 bits per heavy atom. The Morgan fingerprint density at radius 2 is 2.17 bits per heavy atom. The van der Waals surface area contributed by atoms with Gasteiger partial charge in [-0.25, -0.2) is 4.98 Å². The summed E-state index contributed by atoms with van der Waals surface area (Å²) in [4.78, 5) is 10.1. The molecule has 5 heteroatoms. The highest BCUT2D eigenvalue weighted by molar-refractivity contribution is 6.30. The lowest BCUT2D eigenvalue weighted by Crippen LogP contribution is -2.21. The second kappa shape index (κ2) is 5.26. The molecule has 3 rings (SSSR count). The quantitative estimate of drug-likeness (QED) is 0.864. The minimum Gasteiger partial charge on any atom is -0.305 e. The fraction of sp³-hybridized carbons (Fsp3) is 0.462. The number of fused-ring (bicyclic) bond motifs is 1. The van der Waals surface area contributed by atoms with E-state index < -0.39 is 0 Å². The Bertz CT molecular complexity index is 534. The van der Waals surface area contributed by atoms with Crippen LogP contribution in [-0.2, 0) is 11.4 Å². The highest BCUT2D eigenvalue weighted by atomic mass is 35.5. The van der Waals surface area contributed by atoms with Crippen molar-refractivity contribution < 1.29 is 4.84 Å². The highest BCUT2D eigenvalue weighted by Gasteiger charge is 2.15. The van der Waals surface area contributed by atoms with E-state index in [0.717, 1.165) is 24.2 Å². The van der Waals surface area contributed by atoms with Gasteiger partial charge in [-0.1, -0.05) is 24.4 Å². The van der Waals surface area contributed by atoms with E-state index in [2.05, 4.69) is 10.5 Å². The summed E-state index contributed by atoms with van der Waals surface area (Å²) in [6.07, 6.45) is 9.06. The molecule has 0 saturated heterocycles. The van der Waals surface area contributed by atoms with Crippen LogP contribution in [0.3, 0.4) is 0 Å². The van der Waals surface area contributed by atoms with Crippen molar-refractivity contribution in [3.8, 4) is 0 Å². The Labute approximate surface area is 111 Å². The lowest BCUT2D eigenvalue weighted by molar-refractivity contribution is -0.0248. The molecule has 0 atom stereocenters. The number of aromatic nitrogens is 2. The van der Waals surface area contributed by atoms with Gasteiger partial charge in [-0.3, -0.25) is 4.84 Å². The number of rotatable bonds is 4. The number of halogens is 1. The SMILES string of the molecule is Clc1ccc2nc(CNOC3CCCC3)cn2c1. The lowest BCUT2D eigenvalue weighted by Gasteiger charge is -2.10. The molecule has 2 aromatic rings. The van der Waals surface area contributed by atoms with E-state index in [4.69, 9.17) is 16.4 Å². The molecule has 18 heavy (non-hydrogen) atoms. The van der Waals surface area contributed by atoms with Crippen LogP contribution >= 0.6 is 11.6 Å². The first-order valence-electron chi connectivity index (χ1n) is 6.33. The molecule has 96 valence electrons. The third kappa shape index (κ3) is 2.66. The molecule has 4 nitrogen and oxygen atoms in total. The third-order valence-electron chi connectivity index (χ3n) is 3.27. The van der Waals surface area contributed by atoms with Crippen LogP contribution in [-0.4, -0.2) is 15.5 Å². The van der Waals surface area contributed by atoms with Gasteiger partial charge >= 0.3 is 0 Å². The van der Waals surface area contributed by atoms with Crippen molar-refractivity contribution in [2.45, 2.75) is 38.3 Å². The molecule has 2 heterocycles. The van der Waals surface area contributed by atoms with Gasteiger partial charge in [-0.05, 0) is 25.0 Å². The van der Waals surface area contributed by atoms with Crippen molar-refractivity contribution in [1.29, 1.82) is 0 Å². The fourth-order valence-corrected chi connectivity index (χ4v) is 2.51. The molecular formula is C13H16ClN3O. The van der Waals surface area contributed by atoms with Gasteiger partial charge in [0.05, 0.1) is 23.4 Å². The van der Waals surface area contributed by atoms with Crippen LogP contribution < -0.4 is 5.48 Å². The highest BCUT2D eigenvalue weighted by Crippen LogP contribution is 2.20. The summed E-state index contributed by atoms with van der Waals surface area (Å²) in [5, 5.41) is 0.710. The fourth-order valence-electron chi connectivity index (χ4n) is 2.34. The molecule has 0 amide bonds. The molecule has 0 aliphatic heterocycles. The van der Waals surface area contributed by atoms with Crippen LogP contribution in [0.2, 0.25) is 5.02 Å². The van der Waals surface area contributed by atoms with E-state index in [9.17, 15) is 0 Å². The average molecular weight is 266 g/mol. The average Bonchev–Trinajstić information content (AvgIpc) is 2.97. The molecule has 1 fully saturated rings. The Balaban J connectivity index is 1.60. The molecule has 1 aliphatic rings. The van der Waals surface area contributed by atoms with Gasteiger partial charge in [-0.15, -0.1) is 0 Å². The number of hydrogen-bond acceptors (Lipinski definition) is 3. The molecule has 1 saturated carbocycles. The van der Waals surface area contributed by atoms with E-state index in [1.165, 1.54) is 12.8 Å². The van der Waals surface area contributed by atoms with E-state index in [1.54, 1.807) is 0 Å². The van der Waals surface area contributed by atoms with Gasteiger partial charge in [0.2, 0.25) is 0 Å². The number of nitrogens with one attached hydrogen (secondary N) is 1. The van der Waals surface area contributed by atoms with Crippen LogP contribution in [0.5, 0.6) is 0 Å². The maximum Gasteiger partial charge on any atom is 0.137 e. The minimum atomic E-state index is 0.372. The minimum absolute atomic E-state index is 0.372. The normalized spacial score (nSPS) is 16.7. The molecule has 2 aromatic heterocycles. The summed E-state index contributed by atoms with van der Waals surface area (Å²) in [6, 6.07) is 3.75. The topological polar surface area (TPSA) is 38.6 Å². The first-order chi connectivity index (χ1) is 8.81. The smallest absolute Gasteiger partial charge is 0.137 e. The molecule has 1 N–H and O–H groups in total. The van der Waals surface area contributed by atoms with Gasteiger partial charge in [0.25, 0.3) is 0 Å². The number of imidazole rings is 1. The van der Waals surface area contributed by atoms with Crippen LogP contribution in [0.15, 0.2) is 24.5 Å². The lowest BCUT2D eigenvalue weighted by atomic mass is 10.3. The van der Waals surface area contributed by atoms with Crippen molar-refractivity contribution >= 4 is 17.2 Å². The molecule has 0 spiro atoms. The van der Waals surface area contributed by atoms with Crippen molar-refractivity contribution in [2.75, 3.05) is 0 Å². The molecule has 0 unspecified atom stereocenters. The van der Waals surface area contributed by atoms with Crippen LogP contribution in [0.4, 0.5) is 0 Å². The molecule has 0 aromatic carbocycles. The number of pyridine rings is 1. The summed E-state index contributed by atoms with van der Waals surface area (Å²) >= 11 is 5.93. The maximum absolute atomic E-state index is 5.93. The standard InChI is InChI=1S/C13H16ClN3O/c14-10-5-6-13-16-11(9-17(13)8-10)7-15-18-12-3-1-2-4-12/h5-6,8-9,12,15H,1-4,7H2. The summed E-state index contributed by atoms with van der Waals surface area (Å²) in [6.45, 7) is 0.621. The second-order valence-electron chi connectivity index (χ2n) is 4.69. The van der Waals surface area contributed by atoms with Crippen molar-refractivity contribution in [2.24, 2.45) is 0 Å². The van der Waals surface area contributed by atoms with Gasteiger partial charge in [0.1, 0.15) is 5.65 Å². The van der Waals surface area contributed by atoms with Gasteiger partial charge < -0.3 is 4.40 Å². The van der Waals surface area contributed by atoms with Crippen LogP contribution in [0.25, 0.3) is 5.65 Å². The number of hydroxylamine groups is 1. The summed E-state index contributed by atoms with van der Waals surface area (Å²) in [5.41, 5.74) is 4.86. The zero-order chi connectivity index (χ0) is 12.4. The zero-order valence-electron chi connectivity index (χ0n) is 10.1. The predicted octanol–water partition coefficient (Wildman–Crippen LogP) is 2.95. The monoisotopic (exact) mass is 265 g/mol. The Hall–Kier alpha value is -1.10. The van der Waals surface area contributed by atoms with E-state index in [-0.39, 0.29) is 0 Å². The van der Waals surface area contributed by atoms with Crippen LogP contribution in [0.1, 0.15) is 31.4 Å². The largest absolute Gasteiger partial charge is 0.305 e. The van der Waals surface area contributed by atoms with Gasteiger partial charge in [0.15, 0.2) is 0 Å². The van der Waals surface area contributed by atoms with Gasteiger partial charge in [-0.2, -0.15) is 5.48 Å².